The molecule has 0 spiro atoms. The molecule has 1 aromatic rings. The van der Waals surface area contributed by atoms with E-state index in [1.807, 2.05) is 0 Å². The third-order valence-electron chi connectivity index (χ3n) is 5.09. The van der Waals surface area contributed by atoms with Crippen LogP contribution >= 0.6 is 0 Å². The van der Waals surface area contributed by atoms with Gasteiger partial charge in [-0.25, -0.2) is 0 Å². The second kappa shape index (κ2) is 3.84. The van der Waals surface area contributed by atoms with Gasteiger partial charge in [0.05, 0.1) is 0 Å². The van der Waals surface area contributed by atoms with E-state index in [-0.39, 0.29) is 0 Å². The molecule has 1 nitrogen and oxygen atoms in total. The van der Waals surface area contributed by atoms with Gasteiger partial charge in [-0.3, -0.25) is 0 Å². The smallest absolute Gasteiger partial charge is 0.0297 e. The Morgan fingerprint density at radius 2 is 1.59 bits per heavy atom. The fourth-order valence-corrected chi connectivity index (χ4v) is 3.03. The van der Waals surface area contributed by atoms with Crippen LogP contribution in [0.25, 0.3) is 0 Å². The average Bonchev–Trinajstić information content (AvgIpc) is 2.61. The van der Waals surface area contributed by atoms with Crippen LogP contribution in [0.5, 0.6) is 0 Å². The monoisotopic (exact) mass is 231 g/mol. The van der Waals surface area contributed by atoms with Crippen molar-refractivity contribution in [3.63, 3.8) is 0 Å². The van der Waals surface area contributed by atoms with Crippen LogP contribution in [-0.2, 0) is 0 Å². The standard InChI is InChI=1S/C16H25N/c1-11-9-7-8-10-13(11)12(2)17-14-15(3,4)16(14,5)6/h7-10,12,14,17H,1-6H3. The van der Waals surface area contributed by atoms with Crippen LogP contribution in [0, 0.1) is 17.8 Å². The summed E-state index contributed by atoms with van der Waals surface area (Å²) in [6.45, 7) is 13.9. The summed E-state index contributed by atoms with van der Waals surface area (Å²) in [6, 6.07) is 9.71. The summed E-state index contributed by atoms with van der Waals surface area (Å²) in [5.41, 5.74) is 3.61. The summed E-state index contributed by atoms with van der Waals surface area (Å²) in [7, 11) is 0. The number of nitrogens with one attached hydrogen (secondary N) is 1. The maximum absolute atomic E-state index is 3.79. The Morgan fingerprint density at radius 1 is 1.06 bits per heavy atom. The molecule has 1 aliphatic rings. The normalized spacial score (nSPS) is 23.4. The summed E-state index contributed by atoms with van der Waals surface area (Å²) in [4.78, 5) is 0. The highest BCUT2D eigenvalue weighted by Gasteiger charge is 2.64. The number of hydrogen-bond acceptors (Lipinski definition) is 1. The zero-order valence-corrected chi connectivity index (χ0v) is 12.0. The molecule has 1 aliphatic carbocycles. The fourth-order valence-electron chi connectivity index (χ4n) is 3.03. The molecule has 17 heavy (non-hydrogen) atoms. The SMILES string of the molecule is Cc1ccccc1C(C)NC1C(C)(C)C1(C)C. The second-order valence-corrected chi connectivity index (χ2v) is 6.62. The van der Waals surface area contributed by atoms with Gasteiger partial charge < -0.3 is 5.32 Å². The molecule has 0 aliphatic heterocycles. The maximum atomic E-state index is 3.79. The minimum Gasteiger partial charge on any atom is -0.306 e. The lowest BCUT2D eigenvalue weighted by Crippen LogP contribution is -2.26. The molecule has 0 amide bonds. The average molecular weight is 231 g/mol. The van der Waals surface area contributed by atoms with Crippen molar-refractivity contribution >= 4 is 0 Å². The van der Waals surface area contributed by atoms with Crippen LogP contribution in [0.2, 0.25) is 0 Å². The predicted molar refractivity (Wildman–Crippen MR) is 74.1 cm³/mol. The molecule has 1 heteroatoms. The summed E-state index contributed by atoms with van der Waals surface area (Å²) in [6.07, 6.45) is 0. The van der Waals surface area contributed by atoms with E-state index in [0.29, 0.717) is 22.9 Å². The van der Waals surface area contributed by atoms with Crippen LogP contribution < -0.4 is 5.32 Å². The Labute approximate surface area is 106 Å². The van der Waals surface area contributed by atoms with Crippen molar-refractivity contribution < 1.29 is 0 Å². The minimum atomic E-state index is 0.407. The van der Waals surface area contributed by atoms with Crippen molar-refractivity contribution in [3.05, 3.63) is 35.4 Å². The van der Waals surface area contributed by atoms with E-state index in [9.17, 15) is 0 Å². The zero-order chi connectivity index (χ0) is 12.8. The van der Waals surface area contributed by atoms with Crippen molar-refractivity contribution in [2.45, 2.75) is 53.6 Å². The Kier molecular flexibility index (Phi) is 2.86. The van der Waals surface area contributed by atoms with Gasteiger partial charge >= 0.3 is 0 Å². The van der Waals surface area contributed by atoms with E-state index in [4.69, 9.17) is 0 Å². The Bertz CT molecular complexity index is 403. The van der Waals surface area contributed by atoms with Gasteiger partial charge in [-0.15, -0.1) is 0 Å². The lowest BCUT2D eigenvalue weighted by molar-refractivity contribution is 0.457. The molecule has 1 atom stereocenters. The van der Waals surface area contributed by atoms with Crippen LogP contribution in [0.1, 0.15) is 51.8 Å². The lowest BCUT2D eigenvalue weighted by Gasteiger charge is -2.18. The highest BCUT2D eigenvalue weighted by molar-refractivity contribution is 5.29. The van der Waals surface area contributed by atoms with Crippen molar-refractivity contribution in [1.82, 2.24) is 5.32 Å². The first-order valence-electron chi connectivity index (χ1n) is 6.60. The van der Waals surface area contributed by atoms with E-state index >= 15 is 0 Å². The summed E-state index contributed by atoms with van der Waals surface area (Å²) >= 11 is 0. The molecular formula is C16H25N. The molecule has 0 saturated heterocycles. The van der Waals surface area contributed by atoms with Crippen LogP contribution in [-0.4, -0.2) is 6.04 Å². The molecule has 1 fully saturated rings. The quantitative estimate of drug-likeness (QED) is 0.826. The molecular weight excluding hydrogens is 206 g/mol. The first-order valence-corrected chi connectivity index (χ1v) is 6.60. The van der Waals surface area contributed by atoms with Gasteiger partial charge in [-0.2, -0.15) is 0 Å². The molecule has 1 N–H and O–H groups in total. The van der Waals surface area contributed by atoms with Crippen molar-refractivity contribution in [2.24, 2.45) is 10.8 Å². The van der Waals surface area contributed by atoms with E-state index in [1.54, 1.807) is 0 Å². The largest absolute Gasteiger partial charge is 0.306 e. The minimum absolute atomic E-state index is 0.407. The summed E-state index contributed by atoms with van der Waals surface area (Å²) in [5, 5.41) is 3.79. The molecule has 1 aromatic carbocycles. The van der Waals surface area contributed by atoms with Gasteiger partial charge in [0, 0.05) is 12.1 Å². The molecule has 0 bridgehead atoms. The van der Waals surface area contributed by atoms with Crippen molar-refractivity contribution in [3.8, 4) is 0 Å². The van der Waals surface area contributed by atoms with E-state index in [0.717, 1.165) is 0 Å². The molecule has 1 saturated carbocycles. The van der Waals surface area contributed by atoms with Crippen LogP contribution in [0.3, 0.4) is 0 Å². The highest BCUT2D eigenvalue weighted by Crippen LogP contribution is 2.63. The van der Waals surface area contributed by atoms with Gasteiger partial charge in [0.1, 0.15) is 0 Å². The molecule has 0 aromatic heterocycles. The molecule has 1 unspecified atom stereocenters. The molecule has 0 radical (unpaired) electrons. The molecule has 0 heterocycles. The number of hydrogen-bond donors (Lipinski definition) is 1. The summed E-state index contributed by atoms with van der Waals surface area (Å²) in [5.74, 6) is 0. The second-order valence-electron chi connectivity index (χ2n) is 6.62. The van der Waals surface area contributed by atoms with Crippen LogP contribution in [0.15, 0.2) is 24.3 Å². The summed E-state index contributed by atoms with van der Waals surface area (Å²) < 4.78 is 0. The zero-order valence-electron chi connectivity index (χ0n) is 12.0. The van der Waals surface area contributed by atoms with Crippen LogP contribution in [0.4, 0.5) is 0 Å². The Hall–Kier alpha value is -0.820. The first kappa shape index (κ1) is 12.6. The van der Waals surface area contributed by atoms with Gasteiger partial charge in [-0.05, 0) is 35.8 Å². The maximum Gasteiger partial charge on any atom is 0.0297 e. The molecule has 94 valence electrons. The lowest BCUT2D eigenvalue weighted by atomic mass is 10.0. The molecule has 2 rings (SSSR count). The first-order chi connectivity index (χ1) is 7.78. The van der Waals surface area contributed by atoms with Crippen molar-refractivity contribution in [2.75, 3.05) is 0 Å². The third-order valence-corrected chi connectivity index (χ3v) is 5.09. The van der Waals surface area contributed by atoms with Gasteiger partial charge in [0.25, 0.3) is 0 Å². The topological polar surface area (TPSA) is 12.0 Å². The number of aryl methyl sites for hydroxylation is 1. The Morgan fingerprint density at radius 3 is 2.06 bits per heavy atom. The van der Waals surface area contributed by atoms with E-state index < -0.39 is 0 Å². The van der Waals surface area contributed by atoms with Crippen molar-refractivity contribution in [1.29, 1.82) is 0 Å². The van der Waals surface area contributed by atoms with E-state index in [2.05, 4.69) is 71.1 Å². The number of rotatable bonds is 3. The van der Waals surface area contributed by atoms with Gasteiger partial charge in [-0.1, -0.05) is 52.0 Å². The van der Waals surface area contributed by atoms with Gasteiger partial charge in [0.2, 0.25) is 0 Å². The highest BCUT2D eigenvalue weighted by atomic mass is 15.1. The predicted octanol–water partition coefficient (Wildman–Crippen LogP) is 4.08. The number of benzene rings is 1. The third kappa shape index (κ3) is 1.91. The van der Waals surface area contributed by atoms with Gasteiger partial charge in [0.15, 0.2) is 0 Å². The Balaban J connectivity index is 2.10. The fraction of sp³-hybridized carbons (Fsp3) is 0.625. The van der Waals surface area contributed by atoms with E-state index in [1.165, 1.54) is 11.1 Å².